The molecule has 1 N–H and O–H groups in total. The summed E-state index contributed by atoms with van der Waals surface area (Å²) in [7, 11) is -3.08. The molecule has 2 aliphatic heterocycles. The summed E-state index contributed by atoms with van der Waals surface area (Å²) in [4.78, 5) is 18.3. The van der Waals surface area contributed by atoms with Crippen molar-refractivity contribution in [2.45, 2.75) is 62.8 Å². The van der Waals surface area contributed by atoms with Crippen molar-refractivity contribution in [2.75, 3.05) is 11.5 Å². The van der Waals surface area contributed by atoms with E-state index in [1.807, 2.05) is 0 Å². The predicted octanol–water partition coefficient (Wildman–Crippen LogP) is 6.18. The van der Waals surface area contributed by atoms with Gasteiger partial charge in [0, 0.05) is 27.2 Å². The third-order valence-corrected chi connectivity index (χ3v) is 10.4. The standard InChI is InChI=1S/C24H23Cl2F3N2O5S2/c25-14-9-13(10-15(26)11-14)23(24(27,28)29)12-19(31-36-23)20-17-3-1-2-4-18(17)21(37-20)35-22(32)30-16-5-7-38(33,34)8-6-16/h9-11,16H,1-8,12H2,(H,30,32). The number of ether oxygens (including phenoxy) is 1. The van der Waals surface area contributed by atoms with Gasteiger partial charge in [-0.3, -0.25) is 0 Å². The lowest BCUT2D eigenvalue weighted by atomic mass is 9.86. The Bertz CT molecular complexity index is 1380. The molecule has 7 nitrogen and oxygen atoms in total. The van der Waals surface area contributed by atoms with E-state index < -0.39 is 34.1 Å². The Morgan fingerprint density at radius 2 is 1.74 bits per heavy atom. The normalized spacial score (nSPS) is 23.3. The molecule has 1 saturated heterocycles. The van der Waals surface area contributed by atoms with Crippen molar-refractivity contribution in [3.63, 3.8) is 0 Å². The molecular weight excluding hydrogens is 588 g/mol. The minimum atomic E-state index is -4.82. The molecule has 206 valence electrons. The Balaban J connectivity index is 1.40. The summed E-state index contributed by atoms with van der Waals surface area (Å²) in [5.41, 5.74) is -1.33. The van der Waals surface area contributed by atoms with Crippen LogP contribution in [0.1, 0.15) is 53.7 Å². The quantitative estimate of drug-likeness (QED) is 0.446. The summed E-state index contributed by atoms with van der Waals surface area (Å²) in [5.74, 6) is -0.00970. The molecule has 1 amide bonds. The van der Waals surface area contributed by atoms with Crippen molar-refractivity contribution in [1.82, 2.24) is 5.32 Å². The second kappa shape index (κ2) is 10.2. The largest absolute Gasteiger partial charge is 0.435 e. The number of sulfone groups is 1. The molecule has 14 heteroatoms. The van der Waals surface area contributed by atoms with E-state index in [2.05, 4.69) is 10.5 Å². The monoisotopic (exact) mass is 610 g/mol. The molecule has 3 heterocycles. The number of thiophene rings is 1. The molecule has 1 unspecified atom stereocenters. The number of fused-ring (bicyclic) bond motifs is 1. The number of nitrogens with zero attached hydrogens (tertiary/aromatic N) is 1. The predicted molar refractivity (Wildman–Crippen MR) is 138 cm³/mol. The zero-order valence-corrected chi connectivity index (χ0v) is 23.0. The number of amides is 1. The molecule has 38 heavy (non-hydrogen) atoms. The second-order valence-electron chi connectivity index (χ2n) is 9.63. The van der Waals surface area contributed by atoms with Gasteiger partial charge in [-0.2, -0.15) is 13.2 Å². The highest BCUT2D eigenvalue weighted by Crippen LogP contribution is 2.51. The van der Waals surface area contributed by atoms with Gasteiger partial charge in [-0.25, -0.2) is 13.2 Å². The fraction of sp³-hybridized carbons (Fsp3) is 0.500. The van der Waals surface area contributed by atoms with E-state index in [1.165, 1.54) is 18.2 Å². The summed E-state index contributed by atoms with van der Waals surface area (Å²) in [6.07, 6.45) is -2.65. The number of carbonyl (C=O) groups is 1. The minimum absolute atomic E-state index is 0.00485. The van der Waals surface area contributed by atoms with Crippen LogP contribution in [0.4, 0.5) is 18.0 Å². The number of rotatable bonds is 4. The number of benzene rings is 1. The summed E-state index contributed by atoms with van der Waals surface area (Å²) >= 11 is 13.1. The van der Waals surface area contributed by atoms with Crippen LogP contribution >= 0.6 is 34.5 Å². The second-order valence-corrected chi connectivity index (χ2v) is 13.8. The zero-order chi connectivity index (χ0) is 27.3. The summed E-state index contributed by atoms with van der Waals surface area (Å²) in [6, 6.07) is 3.34. The number of carbonyl (C=O) groups excluding carboxylic acids is 1. The van der Waals surface area contributed by atoms with Crippen LogP contribution in [-0.4, -0.2) is 43.9 Å². The topological polar surface area (TPSA) is 94.1 Å². The summed E-state index contributed by atoms with van der Waals surface area (Å²) in [6.45, 7) is 0. The molecule has 1 aromatic heterocycles. The van der Waals surface area contributed by atoms with E-state index in [-0.39, 0.29) is 38.9 Å². The molecule has 1 atom stereocenters. The van der Waals surface area contributed by atoms with Gasteiger partial charge in [0.05, 0.1) is 22.8 Å². The van der Waals surface area contributed by atoms with Crippen LogP contribution in [0.15, 0.2) is 23.4 Å². The average Bonchev–Trinajstić information content (AvgIpc) is 3.43. The minimum Gasteiger partial charge on any atom is -0.399 e. The molecule has 1 aliphatic carbocycles. The highest BCUT2D eigenvalue weighted by molar-refractivity contribution is 7.91. The molecule has 0 spiro atoms. The summed E-state index contributed by atoms with van der Waals surface area (Å²) in [5, 5.41) is 6.97. The maximum Gasteiger partial charge on any atom is 0.435 e. The van der Waals surface area contributed by atoms with Gasteiger partial charge in [0.15, 0.2) is 5.06 Å². The molecule has 5 rings (SSSR count). The highest BCUT2D eigenvalue weighted by atomic mass is 35.5. The Labute approximate surface area is 231 Å². The first-order valence-electron chi connectivity index (χ1n) is 12.0. The van der Waals surface area contributed by atoms with E-state index >= 15 is 0 Å². The zero-order valence-electron chi connectivity index (χ0n) is 19.9. The number of nitrogens with one attached hydrogen (secondary N) is 1. The first kappa shape index (κ1) is 27.5. The average molecular weight is 611 g/mol. The number of hydrogen-bond donors (Lipinski definition) is 1. The lowest BCUT2D eigenvalue weighted by Crippen LogP contribution is -2.42. The number of oxime groups is 1. The van der Waals surface area contributed by atoms with Crippen LogP contribution in [0.5, 0.6) is 5.06 Å². The van der Waals surface area contributed by atoms with Crippen molar-refractivity contribution in [2.24, 2.45) is 5.16 Å². The SMILES string of the molecule is O=C(NC1CCS(=O)(=O)CC1)Oc1sc(C2=NOC(c3cc(Cl)cc(Cl)c3)(C(F)(F)F)C2)c2c1CCCC2. The van der Waals surface area contributed by atoms with Crippen molar-refractivity contribution in [3.8, 4) is 5.06 Å². The molecule has 1 fully saturated rings. The van der Waals surface area contributed by atoms with E-state index in [0.29, 0.717) is 35.6 Å². The molecule has 2 aromatic rings. The van der Waals surface area contributed by atoms with Gasteiger partial charge in [0.1, 0.15) is 15.5 Å². The maximum atomic E-state index is 14.4. The number of alkyl halides is 3. The molecule has 0 radical (unpaired) electrons. The van der Waals surface area contributed by atoms with Crippen molar-refractivity contribution in [1.29, 1.82) is 0 Å². The Hall–Kier alpha value is -2.02. The lowest BCUT2D eigenvalue weighted by molar-refractivity contribution is -0.275. The Morgan fingerprint density at radius 1 is 1.11 bits per heavy atom. The molecular formula is C24H23Cl2F3N2O5S2. The van der Waals surface area contributed by atoms with Crippen molar-refractivity contribution >= 4 is 56.2 Å². The first-order valence-corrected chi connectivity index (χ1v) is 15.4. The fourth-order valence-electron chi connectivity index (χ4n) is 5.04. The number of hydrogen-bond acceptors (Lipinski definition) is 7. The number of halogens is 5. The fourth-order valence-corrected chi connectivity index (χ4v) is 8.28. The first-order chi connectivity index (χ1) is 17.9. The summed E-state index contributed by atoms with van der Waals surface area (Å²) < 4.78 is 72.2. The van der Waals surface area contributed by atoms with Crippen LogP contribution in [0.25, 0.3) is 0 Å². The van der Waals surface area contributed by atoms with E-state index in [9.17, 15) is 26.4 Å². The van der Waals surface area contributed by atoms with Gasteiger partial charge >= 0.3 is 12.3 Å². The van der Waals surface area contributed by atoms with Gasteiger partial charge in [-0.05, 0) is 62.3 Å². The van der Waals surface area contributed by atoms with Gasteiger partial charge < -0.3 is 14.9 Å². The van der Waals surface area contributed by atoms with Gasteiger partial charge in [-0.1, -0.05) is 39.7 Å². The smallest absolute Gasteiger partial charge is 0.399 e. The highest BCUT2D eigenvalue weighted by Gasteiger charge is 2.62. The van der Waals surface area contributed by atoms with Gasteiger partial charge in [0.25, 0.3) is 5.60 Å². The van der Waals surface area contributed by atoms with E-state index in [4.69, 9.17) is 32.8 Å². The van der Waals surface area contributed by atoms with Crippen LogP contribution in [0.2, 0.25) is 10.0 Å². The molecule has 3 aliphatic rings. The van der Waals surface area contributed by atoms with Crippen LogP contribution in [-0.2, 0) is 33.1 Å². The van der Waals surface area contributed by atoms with Crippen molar-refractivity contribution in [3.05, 3.63) is 49.8 Å². The van der Waals surface area contributed by atoms with Gasteiger partial charge in [-0.15, -0.1) is 0 Å². The Kier molecular flexibility index (Phi) is 7.38. The van der Waals surface area contributed by atoms with Crippen molar-refractivity contribution < 1.29 is 36.0 Å². The third-order valence-electron chi connectivity index (χ3n) is 7.02. The van der Waals surface area contributed by atoms with E-state index in [1.54, 1.807) is 0 Å². The third kappa shape index (κ3) is 5.37. The lowest BCUT2D eigenvalue weighted by Gasteiger charge is -2.29. The van der Waals surface area contributed by atoms with Gasteiger partial charge in [0.2, 0.25) is 0 Å². The molecule has 0 saturated carbocycles. The van der Waals surface area contributed by atoms with Crippen LogP contribution in [0.3, 0.4) is 0 Å². The Morgan fingerprint density at radius 3 is 2.37 bits per heavy atom. The van der Waals surface area contributed by atoms with E-state index in [0.717, 1.165) is 35.3 Å². The maximum absolute atomic E-state index is 14.4. The van der Waals surface area contributed by atoms with Crippen LogP contribution in [0, 0.1) is 0 Å². The molecule has 0 bridgehead atoms. The van der Waals surface area contributed by atoms with Crippen LogP contribution < -0.4 is 10.1 Å². The molecule has 1 aromatic carbocycles.